The summed E-state index contributed by atoms with van der Waals surface area (Å²) in [5.74, 6) is -1.01. The zero-order chi connectivity index (χ0) is 20.1. The number of primary amides is 1. The van der Waals surface area contributed by atoms with Crippen LogP contribution < -0.4 is 10.5 Å². The summed E-state index contributed by atoms with van der Waals surface area (Å²) in [6, 6.07) is 15.1. The monoisotopic (exact) mass is 400 g/mol. The zero-order valence-corrected chi connectivity index (χ0v) is 15.8. The summed E-state index contributed by atoms with van der Waals surface area (Å²) in [6.07, 6.45) is 1.51. The summed E-state index contributed by atoms with van der Waals surface area (Å²) < 4.78 is 29.1. The van der Waals surface area contributed by atoms with Crippen molar-refractivity contribution in [3.8, 4) is 5.75 Å². The van der Waals surface area contributed by atoms with Crippen molar-refractivity contribution in [1.82, 2.24) is 4.90 Å². The van der Waals surface area contributed by atoms with Gasteiger partial charge in [0, 0.05) is 12.0 Å². The molecule has 146 valence electrons. The van der Waals surface area contributed by atoms with E-state index in [0.29, 0.717) is 0 Å². The number of carbonyl (C=O) groups is 2. The number of para-hydroxylation sites is 1. The van der Waals surface area contributed by atoms with Crippen LogP contribution in [0, 0.1) is 0 Å². The van der Waals surface area contributed by atoms with E-state index < -0.39 is 27.7 Å². The molecule has 0 fully saturated rings. The lowest BCUT2D eigenvalue weighted by atomic mass is 10.1. The van der Waals surface area contributed by atoms with Crippen molar-refractivity contribution in [1.29, 1.82) is 0 Å². The second-order valence-corrected chi connectivity index (χ2v) is 8.31. The van der Waals surface area contributed by atoms with E-state index >= 15 is 0 Å². The second-order valence-electron chi connectivity index (χ2n) is 6.38. The first-order valence-electron chi connectivity index (χ1n) is 8.62. The Morgan fingerprint density at radius 2 is 1.75 bits per heavy atom. The van der Waals surface area contributed by atoms with E-state index in [1.165, 1.54) is 17.0 Å². The van der Waals surface area contributed by atoms with Crippen molar-refractivity contribution in [2.24, 2.45) is 5.73 Å². The van der Waals surface area contributed by atoms with E-state index in [4.69, 9.17) is 10.5 Å². The predicted octanol–water partition coefficient (Wildman–Crippen LogP) is 1.50. The molecule has 0 saturated carbocycles. The van der Waals surface area contributed by atoms with Crippen LogP contribution in [0.3, 0.4) is 0 Å². The molecule has 2 N–H and O–H groups in total. The number of hydrogen-bond acceptors (Lipinski definition) is 5. The van der Waals surface area contributed by atoms with Crippen molar-refractivity contribution >= 4 is 21.7 Å². The van der Waals surface area contributed by atoms with Gasteiger partial charge in [-0.05, 0) is 23.8 Å². The van der Waals surface area contributed by atoms with Gasteiger partial charge in [-0.3, -0.25) is 9.59 Å². The molecular formula is C20H20N2O5S. The van der Waals surface area contributed by atoms with Crippen LogP contribution in [0.5, 0.6) is 5.75 Å². The average molecular weight is 400 g/mol. The number of benzene rings is 2. The highest BCUT2D eigenvalue weighted by Crippen LogP contribution is 2.20. The van der Waals surface area contributed by atoms with E-state index in [-0.39, 0.29) is 30.2 Å². The van der Waals surface area contributed by atoms with E-state index in [2.05, 4.69) is 0 Å². The molecule has 28 heavy (non-hydrogen) atoms. The van der Waals surface area contributed by atoms with Gasteiger partial charge in [0.25, 0.3) is 11.8 Å². The number of rotatable bonds is 7. The summed E-state index contributed by atoms with van der Waals surface area (Å²) >= 11 is 0. The molecule has 0 spiro atoms. The van der Waals surface area contributed by atoms with Crippen LogP contribution >= 0.6 is 0 Å². The number of ether oxygens (including phenoxy) is 1. The number of sulfone groups is 1. The van der Waals surface area contributed by atoms with Crippen molar-refractivity contribution in [2.75, 3.05) is 12.4 Å². The Balaban J connectivity index is 1.77. The van der Waals surface area contributed by atoms with Gasteiger partial charge < -0.3 is 15.4 Å². The summed E-state index contributed by atoms with van der Waals surface area (Å²) in [4.78, 5) is 25.8. The molecule has 2 amide bonds. The summed E-state index contributed by atoms with van der Waals surface area (Å²) in [5, 5.41) is 1.13. The van der Waals surface area contributed by atoms with E-state index in [1.807, 2.05) is 30.3 Å². The molecule has 0 unspecified atom stereocenters. The molecular weight excluding hydrogens is 380 g/mol. The molecule has 8 heteroatoms. The fraction of sp³-hybridized carbons (Fsp3) is 0.200. The number of hydrogen-bond donors (Lipinski definition) is 1. The summed E-state index contributed by atoms with van der Waals surface area (Å²) in [6.45, 7) is -0.105. The Kier molecular flexibility index (Phi) is 5.79. The van der Waals surface area contributed by atoms with Gasteiger partial charge in [0.05, 0.1) is 17.4 Å². The minimum absolute atomic E-state index is 0.163. The molecule has 0 aromatic heterocycles. The maximum Gasteiger partial charge on any atom is 0.261 e. The third-order valence-corrected chi connectivity index (χ3v) is 5.71. The van der Waals surface area contributed by atoms with Crippen LogP contribution in [-0.4, -0.2) is 43.5 Å². The maximum atomic E-state index is 12.9. The number of amides is 2. The quantitative estimate of drug-likeness (QED) is 0.758. The highest BCUT2D eigenvalue weighted by Gasteiger charge is 2.30. The van der Waals surface area contributed by atoms with E-state index in [1.54, 1.807) is 18.2 Å². The smallest absolute Gasteiger partial charge is 0.261 e. The first kappa shape index (κ1) is 19.6. The van der Waals surface area contributed by atoms with E-state index in [9.17, 15) is 18.0 Å². The van der Waals surface area contributed by atoms with Crippen LogP contribution in [0.2, 0.25) is 0 Å². The van der Waals surface area contributed by atoms with Gasteiger partial charge in [-0.2, -0.15) is 0 Å². The zero-order valence-electron chi connectivity index (χ0n) is 15.0. The second kappa shape index (κ2) is 8.26. The third-order valence-electron chi connectivity index (χ3n) is 4.33. The van der Waals surface area contributed by atoms with Crippen LogP contribution in [0.25, 0.3) is 0 Å². The van der Waals surface area contributed by atoms with Crippen LogP contribution in [0.15, 0.2) is 66.1 Å². The molecule has 0 bridgehead atoms. The van der Waals surface area contributed by atoms with Gasteiger partial charge in [-0.25, -0.2) is 8.42 Å². The fourth-order valence-electron chi connectivity index (χ4n) is 2.94. The Morgan fingerprint density at radius 1 is 1.07 bits per heavy atom. The Hall–Kier alpha value is -3.13. The average Bonchev–Trinajstić information content (AvgIpc) is 3.04. The third kappa shape index (κ3) is 4.77. The molecule has 0 radical (unpaired) electrons. The number of nitrogens with two attached hydrogens (primary N) is 1. The number of nitrogens with zero attached hydrogens (tertiary/aromatic N) is 1. The molecule has 1 aliphatic rings. The van der Waals surface area contributed by atoms with Crippen LogP contribution in [0.1, 0.15) is 15.9 Å². The minimum atomic E-state index is -3.33. The molecule has 1 heterocycles. The van der Waals surface area contributed by atoms with Crippen LogP contribution in [0.4, 0.5) is 0 Å². The lowest BCUT2D eigenvalue weighted by Crippen LogP contribution is -2.43. The fourth-order valence-corrected chi connectivity index (χ4v) is 4.24. The molecule has 2 aromatic carbocycles. The molecule has 1 atom stereocenters. The maximum absolute atomic E-state index is 12.9. The SMILES string of the molecule is NC(=O)c1ccccc1OCC(=O)N(Cc1ccccc1)[C@@H]1C=CS(=O)(=O)C1. The minimum Gasteiger partial charge on any atom is -0.483 e. The molecule has 7 nitrogen and oxygen atoms in total. The van der Waals surface area contributed by atoms with Crippen molar-refractivity contribution in [2.45, 2.75) is 12.6 Å². The Bertz CT molecular complexity index is 1000. The van der Waals surface area contributed by atoms with Gasteiger partial charge in [-0.15, -0.1) is 0 Å². The largest absolute Gasteiger partial charge is 0.483 e. The van der Waals surface area contributed by atoms with Crippen molar-refractivity contribution in [3.05, 3.63) is 77.2 Å². The highest BCUT2D eigenvalue weighted by molar-refractivity contribution is 7.94. The first-order valence-corrected chi connectivity index (χ1v) is 10.3. The van der Waals surface area contributed by atoms with Gasteiger partial charge in [0.15, 0.2) is 16.4 Å². The lowest BCUT2D eigenvalue weighted by molar-refractivity contribution is -0.135. The normalized spacial score (nSPS) is 17.2. The summed E-state index contributed by atoms with van der Waals surface area (Å²) in [7, 11) is -3.33. The summed E-state index contributed by atoms with van der Waals surface area (Å²) in [5.41, 5.74) is 6.36. The predicted molar refractivity (Wildman–Crippen MR) is 104 cm³/mol. The Morgan fingerprint density at radius 3 is 2.39 bits per heavy atom. The van der Waals surface area contributed by atoms with Crippen molar-refractivity contribution in [3.63, 3.8) is 0 Å². The van der Waals surface area contributed by atoms with Crippen LogP contribution in [-0.2, 0) is 21.2 Å². The molecule has 0 saturated heterocycles. The highest BCUT2D eigenvalue weighted by atomic mass is 32.2. The molecule has 1 aliphatic heterocycles. The standard InChI is InChI=1S/C20H20N2O5S/c21-20(24)17-8-4-5-9-18(17)27-13-19(23)22(12-15-6-2-1-3-7-15)16-10-11-28(25,26)14-16/h1-11,16H,12-14H2,(H2,21,24)/t16-/m1/s1. The molecule has 3 rings (SSSR count). The topological polar surface area (TPSA) is 107 Å². The van der Waals surface area contributed by atoms with Gasteiger partial charge in [0.1, 0.15) is 5.75 Å². The van der Waals surface area contributed by atoms with E-state index in [0.717, 1.165) is 11.0 Å². The molecule has 0 aliphatic carbocycles. The van der Waals surface area contributed by atoms with Gasteiger partial charge in [-0.1, -0.05) is 42.5 Å². The Labute approximate surface area is 163 Å². The molecule has 2 aromatic rings. The van der Waals surface area contributed by atoms with Gasteiger partial charge >= 0.3 is 0 Å². The van der Waals surface area contributed by atoms with Crippen molar-refractivity contribution < 1.29 is 22.7 Å². The first-order chi connectivity index (χ1) is 13.4. The number of carbonyl (C=O) groups excluding carboxylic acids is 2. The van der Waals surface area contributed by atoms with Gasteiger partial charge in [0.2, 0.25) is 0 Å². The lowest BCUT2D eigenvalue weighted by Gasteiger charge is -2.27.